The third-order valence-corrected chi connectivity index (χ3v) is 2.51. The van der Waals surface area contributed by atoms with Crippen LogP contribution in [0.15, 0.2) is 11.1 Å². The van der Waals surface area contributed by atoms with Crippen LogP contribution in [-0.2, 0) is 0 Å². The molecule has 2 rings (SSSR count). The zero-order valence-electron chi connectivity index (χ0n) is 8.17. The van der Waals surface area contributed by atoms with Crippen molar-refractivity contribution in [2.45, 2.75) is 13.8 Å². The highest BCUT2D eigenvalue weighted by Crippen LogP contribution is 2.21. The fraction of sp³-hybridized carbons (Fsp3) is 0.200. The van der Waals surface area contributed by atoms with E-state index >= 15 is 0 Å². The highest BCUT2D eigenvalue weighted by Gasteiger charge is 2.28. The number of allylic oxidation sites excluding steroid dienone is 2. The summed E-state index contributed by atoms with van der Waals surface area (Å²) in [5, 5.41) is -0.106. The van der Waals surface area contributed by atoms with E-state index in [-0.39, 0.29) is 22.2 Å². The number of hydrogen-bond acceptors (Lipinski definition) is 4. The number of halogens is 1. The molecule has 0 amide bonds. The Bertz CT molecular complexity index is 520. The summed E-state index contributed by atoms with van der Waals surface area (Å²) in [7, 11) is 0. The maximum Gasteiger partial charge on any atom is 0.225 e. The lowest BCUT2D eigenvalue weighted by Gasteiger charge is -2.11. The average Bonchev–Trinajstić information content (AvgIpc) is 2.18. The van der Waals surface area contributed by atoms with Gasteiger partial charge in [-0.15, -0.1) is 0 Å². The highest BCUT2D eigenvalue weighted by molar-refractivity contribution is 6.48. The molecule has 4 nitrogen and oxygen atoms in total. The number of rotatable bonds is 0. The van der Waals surface area contributed by atoms with Crippen LogP contribution < -0.4 is 0 Å². The molecule has 0 unspecified atom stereocenters. The molecule has 1 heterocycles. The van der Waals surface area contributed by atoms with Crippen LogP contribution in [0.25, 0.3) is 0 Å². The Morgan fingerprint density at radius 3 is 2.20 bits per heavy atom. The lowest BCUT2D eigenvalue weighted by atomic mass is 10.0. The molecule has 1 aliphatic carbocycles. The van der Waals surface area contributed by atoms with E-state index in [0.29, 0.717) is 11.4 Å². The van der Waals surface area contributed by atoms with Crippen LogP contribution in [0, 0.1) is 13.8 Å². The Balaban J connectivity index is 2.73. The molecule has 0 N–H and O–H groups in total. The summed E-state index contributed by atoms with van der Waals surface area (Å²) in [5.74, 6) is -0.813. The van der Waals surface area contributed by atoms with Crippen LogP contribution in [0.2, 0.25) is 0 Å². The summed E-state index contributed by atoms with van der Waals surface area (Å²) in [6.45, 7) is 3.47. The van der Waals surface area contributed by atoms with Crippen molar-refractivity contribution >= 4 is 23.2 Å². The molecule has 0 saturated carbocycles. The first-order valence-electron chi connectivity index (χ1n) is 4.32. The standard InChI is InChI=1S/C10H7ClN2O2/c1-4-5(2)13-9-8(12-4)7(14)3-6(11)10(9)15/h3H,1-2H3. The van der Waals surface area contributed by atoms with Gasteiger partial charge in [-0.3, -0.25) is 9.59 Å². The van der Waals surface area contributed by atoms with Crippen LogP contribution in [0.4, 0.5) is 0 Å². The average molecular weight is 223 g/mol. The number of Topliss-reactive ketones (excluding diaryl/α,β-unsaturated/α-hetero) is 1. The molecular formula is C10H7ClN2O2. The van der Waals surface area contributed by atoms with Crippen LogP contribution in [0.5, 0.6) is 0 Å². The van der Waals surface area contributed by atoms with Crippen LogP contribution in [-0.4, -0.2) is 21.5 Å². The maximum atomic E-state index is 11.6. The first-order valence-corrected chi connectivity index (χ1v) is 4.70. The monoisotopic (exact) mass is 222 g/mol. The van der Waals surface area contributed by atoms with E-state index in [1.807, 2.05) is 0 Å². The molecule has 0 saturated heterocycles. The predicted molar refractivity (Wildman–Crippen MR) is 54.1 cm³/mol. The summed E-state index contributed by atoms with van der Waals surface area (Å²) < 4.78 is 0. The molecule has 0 bridgehead atoms. The number of fused-ring (bicyclic) bond motifs is 1. The minimum Gasteiger partial charge on any atom is -0.287 e. The van der Waals surface area contributed by atoms with E-state index in [0.717, 1.165) is 6.08 Å². The van der Waals surface area contributed by atoms with Crippen molar-refractivity contribution in [3.63, 3.8) is 0 Å². The molecule has 0 fully saturated rings. The number of aromatic nitrogens is 2. The number of ketones is 2. The second-order valence-electron chi connectivity index (χ2n) is 3.28. The summed E-state index contributed by atoms with van der Waals surface area (Å²) in [5.41, 5.74) is 1.41. The molecule has 0 aliphatic heterocycles. The smallest absolute Gasteiger partial charge is 0.225 e. The van der Waals surface area contributed by atoms with Gasteiger partial charge in [-0.05, 0) is 13.8 Å². The SMILES string of the molecule is Cc1nc2c(nc1C)C(=O)C(Cl)=CC2=O. The minimum atomic E-state index is -0.443. The van der Waals surface area contributed by atoms with Gasteiger partial charge < -0.3 is 0 Å². The van der Waals surface area contributed by atoms with Gasteiger partial charge in [0, 0.05) is 6.08 Å². The van der Waals surface area contributed by atoms with E-state index in [4.69, 9.17) is 11.6 Å². The highest BCUT2D eigenvalue weighted by atomic mass is 35.5. The zero-order chi connectivity index (χ0) is 11.2. The largest absolute Gasteiger partial charge is 0.287 e. The third kappa shape index (κ3) is 1.47. The van der Waals surface area contributed by atoms with Crippen molar-refractivity contribution in [3.05, 3.63) is 33.9 Å². The van der Waals surface area contributed by atoms with E-state index < -0.39 is 5.78 Å². The molecule has 5 heteroatoms. The Hall–Kier alpha value is -1.55. The van der Waals surface area contributed by atoms with Crippen molar-refractivity contribution in [3.8, 4) is 0 Å². The van der Waals surface area contributed by atoms with Gasteiger partial charge in [-0.25, -0.2) is 9.97 Å². The molecule has 1 aromatic heterocycles. The fourth-order valence-electron chi connectivity index (χ4n) is 1.30. The van der Waals surface area contributed by atoms with Gasteiger partial charge in [0.25, 0.3) is 0 Å². The minimum absolute atomic E-state index is 0.0515. The van der Waals surface area contributed by atoms with Gasteiger partial charge in [-0.1, -0.05) is 11.6 Å². The van der Waals surface area contributed by atoms with Crippen molar-refractivity contribution < 1.29 is 9.59 Å². The molecule has 76 valence electrons. The normalized spacial score (nSPS) is 15.0. The Morgan fingerprint density at radius 2 is 1.60 bits per heavy atom. The molecule has 0 atom stereocenters. The lowest BCUT2D eigenvalue weighted by molar-refractivity contribution is 0.0982. The van der Waals surface area contributed by atoms with Gasteiger partial charge in [-0.2, -0.15) is 0 Å². The quantitative estimate of drug-likeness (QED) is 0.669. The first kappa shape index (κ1) is 9.98. The predicted octanol–water partition coefficient (Wildman–Crippen LogP) is 1.60. The molecule has 1 aliphatic rings. The summed E-state index contributed by atoms with van der Waals surface area (Å²) in [4.78, 5) is 31.1. The molecule has 0 spiro atoms. The maximum absolute atomic E-state index is 11.6. The molecular weight excluding hydrogens is 216 g/mol. The zero-order valence-corrected chi connectivity index (χ0v) is 8.92. The van der Waals surface area contributed by atoms with Gasteiger partial charge in [0.05, 0.1) is 16.4 Å². The number of hydrogen-bond donors (Lipinski definition) is 0. The molecule has 0 radical (unpaired) electrons. The third-order valence-electron chi connectivity index (χ3n) is 2.23. The molecule has 0 aromatic carbocycles. The Kier molecular flexibility index (Phi) is 2.16. The number of carbonyl (C=O) groups excluding carboxylic acids is 2. The van der Waals surface area contributed by atoms with E-state index in [1.165, 1.54) is 0 Å². The van der Waals surface area contributed by atoms with Crippen molar-refractivity contribution in [2.24, 2.45) is 0 Å². The number of nitrogens with zero attached hydrogens (tertiary/aromatic N) is 2. The summed E-state index contributed by atoms with van der Waals surface area (Å²) in [6, 6.07) is 0. The van der Waals surface area contributed by atoms with Gasteiger partial charge in [0.2, 0.25) is 11.6 Å². The van der Waals surface area contributed by atoms with Crippen molar-refractivity contribution in [1.82, 2.24) is 9.97 Å². The molecule has 1 aromatic rings. The van der Waals surface area contributed by atoms with Crippen molar-refractivity contribution in [1.29, 1.82) is 0 Å². The molecule has 15 heavy (non-hydrogen) atoms. The van der Waals surface area contributed by atoms with Crippen LogP contribution in [0.1, 0.15) is 32.4 Å². The van der Waals surface area contributed by atoms with E-state index in [9.17, 15) is 9.59 Å². The van der Waals surface area contributed by atoms with E-state index in [2.05, 4.69) is 9.97 Å². The van der Waals surface area contributed by atoms with Gasteiger partial charge in [0.1, 0.15) is 11.4 Å². The number of carbonyl (C=O) groups is 2. The second kappa shape index (κ2) is 3.24. The number of aryl methyl sites for hydroxylation is 2. The van der Waals surface area contributed by atoms with Gasteiger partial charge in [0.15, 0.2) is 0 Å². The van der Waals surface area contributed by atoms with Crippen LogP contribution in [0.3, 0.4) is 0 Å². The van der Waals surface area contributed by atoms with Gasteiger partial charge >= 0.3 is 0 Å². The Labute approximate surface area is 91.0 Å². The summed E-state index contributed by atoms with van der Waals surface area (Å²) >= 11 is 5.60. The summed E-state index contributed by atoms with van der Waals surface area (Å²) in [6.07, 6.45) is 1.08. The van der Waals surface area contributed by atoms with Crippen LogP contribution >= 0.6 is 11.6 Å². The van der Waals surface area contributed by atoms with E-state index in [1.54, 1.807) is 13.8 Å². The first-order chi connectivity index (χ1) is 7.00. The Morgan fingerprint density at radius 1 is 1.07 bits per heavy atom. The van der Waals surface area contributed by atoms with Crippen molar-refractivity contribution in [2.75, 3.05) is 0 Å². The second-order valence-corrected chi connectivity index (χ2v) is 3.68. The lowest BCUT2D eigenvalue weighted by Crippen LogP contribution is -2.20. The topological polar surface area (TPSA) is 59.9 Å². The fourth-order valence-corrected chi connectivity index (χ4v) is 1.48.